The van der Waals surface area contributed by atoms with Gasteiger partial charge in [0.15, 0.2) is 0 Å². The van der Waals surface area contributed by atoms with Crippen molar-refractivity contribution in [3.05, 3.63) is 24.3 Å². The molecule has 1 atom stereocenters. The van der Waals surface area contributed by atoms with Crippen molar-refractivity contribution < 1.29 is 14.3 Å². The highest BCUT2D eigenvalue weighted by molar-refractivity contribution is 5.90. The van der Waals surface area contributed by atoms with Crippen molar-refractivity contribution in [2.45, 2.75) is 12.8 Å². The molecule has 1 amide bonds. The second-order valence-electron chi connectivity index (χ2n) is 4.72. The van der Waals surface area contributed by atoms with Gasteiger partial charge in [0, 0.05) is 23.9 Å². The molecule has 1 aliphatic heterocycles. The largest absolute Gasteiger partial charge is 0.399 e. The Hall–Kier alpha value is -1.59. The van der Waals surface area contributed by atoms with Crippen LogP contribution in [0, 0.1) is 5.92 Å². The third-order valence-corrected chi connectivity index (χ3v) is 3.05. The number of rotatable bonds is 6. The number of hydrogen-bond acceptors (Lipinski definition) is 4. The van der Waals surface area contributed by atoms with Crippen LogP contribution in [0.1, 0.15) is 12.8 Å². The fourth-order valence-electron chi connectivity index (χ4n) is 1.92. The molecule has 3 N–H and O–H groups in total. The van der Waals surface area contributed by atoms with E-state index in [0.717, 1.165) is 25.3 Å². The van der Waals surface area contributed by atoms with E-state index in [9.17, 15) is 4.79 Å². The Morgan fingerprint density at radius 3 is 2.89 bits per heavy atom. The number of nitrogen functional groups attached to an aromatic ring is 1. The van der Waals surface area contributed by atoms with E-state index >= 15 is 0 Å². The summed E-state index contributed by atoms with van der Waals surface area (Å²) in [6.45, 7) is 2.72. The van der Waals surface area contributed by atoms with Gasteiger partial charge in [-0.25, -0.2) is 0 Å². The SMILES string of the molecule is Nc1ccc(NC(=O)CCOCC2CCOC2)cc1. The van der Waals surface area contributed by atoms with Gasteiger partial charge in [0.05, 0.1) is 26.2 Å². The molecule has 0 aliphatic carbocycles. The molecule has 19 heavy (non-hydrogen) atoms. The van der Waals surface area contributed by atoms with Crippen LogP contribution in [0.15, 0.2) is 24.3 Å². The number of hydrogen-bond donors (Lipinski definition) is 2. The first kappa shape index (κ1) is 13.8. The molecule has 0 aromatic heterocycles. The lowest BCUT2D eigenvalue weighted by molar-refractivity contribution is -0.117. The molecule has 5 heteroatoms. The van der Waals surface area contributed by atoms with Gasteiger partial charge < -0.3 is 20.5 Å². The Bertz CT molecular complexity index is 400. The predicted octanol–water partition coefficient (Wildman–Crippen LogP) is 1.65. The highest BCUT2D eigenvalue weighted by Gasteiger charge is 2.15. The summed E-state index contributed by atoms with van der Waals surface area (Å²) in [5, 5.41) is 2.80. The number of amides is 1. The summed E-state index contributed by atoms with van der Waals surface area (Å²) in [5.74, 6) is 0.438. The van der Waals surface area contributed by atoms with E-state index in [1.807, 2.05) is 0 Å². The van der Waals surface area contributed by atoms with Crippen molar-refractivity contribution in [1.29, 1.82) is 0 Å². The van der Waals surface area contributed by atoms with Crippen LogP contribution in [-0.2, 0) is 14.3 Å². The van der Waals surface area contributed by atoms with Crippen LogP contribution in [0.5, 0.6) is 0 Å². The lowest BCUT2D eigenvalue weighted by atomic mass is 10.1. The fraction of sp³-hybridized carbons (Fsp3) is 0.500. The Morgan fingerprint density at radius 1 is 1.42 bits per heavy atom. The zero-order chi connectivity index (χ0) is 13.5. The molecule has 1 aromatic rings. The number of nitrogens with two attached hydrogens (primary N) is 1. The van der Waals surface area contributed by atoms with Gasteiger partial charge in [-0.2, -0.15) is 0 Å². The van der Waals surface area contributed by atoms with Crippen LogP contribution in [0.2, 0.25) is 0 Å². The van der Waals surface area contributed by atoms with Crippen LogP contribution in [0.4, 0.5) is 11.4 Å². The van der Waals surface area contributed by atoms with Gasteiger partial charge in [0.25, 0.3) is 0 Å². The summed E-state index contributed by atoms with van der Waals surface area (Å²) in [6, 6.07) is 7.08. The minimum Gasteiger partial charge on any atom is -0.399 e. The van der Waals surface area contributed by atoms with Gasteiger partial charge in [-0.05, 0) is 30.7 Å². The van der Waals surface area contributed by atoms with Crippen molar-refractivity contribution in [1.82, 2.24) is 0 Å². The van der Waals surface area contributed by atoms with Crippen molar-refractivity contribution >= 4 is 17.3 Å². The molecule has 1 saturated heterocycles. The van der Waals surface area contributed by atoms with E-state index in [1.54, 1.807) is 24.3 Å². The standard InChI is InChI=1S/C14H20N2O3/c15-12-1-3-13(4-2-12)16-14(17)6-8-19-10-11-5-7-18-9-11/h1-4,11H,5-10,15H2,(H,16,17). The topological polar surface area (TPSA) is 73.6 Å². The molecule has 0 bridgehead atoms. The van der Waals surface area contributed by atoms with E-state index in [2.05, 4.69) is 5.32 Å². The molecule has 104 valence electrons. The maximum atomic E-state index is 11.6. The van der Waals surface area contributed by atoms with Crippen LogP contribution < -0.4 is 11.1 Å². The normalized spacial score (nSPS) is 18.4. The Labute approximate surface area is 113 Å². The van der Waals surface area contributed by atoms with Gasteiger partial charge in [0.2, 0.25) is 5.91 Å². The minimum absolute atomic E-state index is 0.0487. The second kappa shape index (κ2) is 7.11. The predicted molar refractivity (Wildman–Crippen MR) is 73.8 cm³/mol. The average molecular weight is 264 g/mol. The molecule has 1 heterocycles. The van der Waals surface area contributed by atoms with Crippen LogP contribution in [0.25, 0.3) is 0 Å². The molecule has 0 spiro atoms. The van der Waals surface area contributed by atoms with E-state index < -0.39 is 0 Å². The highest BCUT2D eigenvalue weighted by atomic mass is 16.5. The third kappa shape index (κ3) is 4.89. The van der Waals surface area contributed by atoms with E-state index in [-0.39, 0.29) is 5.91 Å². The van der Waals surface area contributed by atoms with Crippen LogP contribution >= 0.6 is 0 Å². The molecule has 1 aromatic carbocycles. The lowest BCUT2D eigenvalue weighted by Gasteiger charge is -2.09. The van der Waals surface area contributed by atoms with Gasteiger partial charge in [-0.1, -0.05) is 0 Å². The molecular formula is C14H20N2O3. The number of nitrogens with one attached hydrogen (secondary N) is 1. The molecular weight excluding hydrogens is 244 g/mol. The summed E-state index contributed by atoms with van der Waals surface area (Å²) in [7, 11) is 0. The first-order valence-corrected chi connectivity index (χ1v) is 6.55. The van der Waals surface area contributed by atoms with Gasteiger partial charge in [-0.3, -0.25) is 4.79 Å². The summed E-state index contributed by atoms with van der Waals surface area (Å²) >= 11 is 0. The zero-order valence-corrected chi connectivity index (χ0v) is 10.9. The number of carbonyl (C=O) groups is 1. The zero-order valence-electron chi connectivity index (χ0n) is 10.9. The number of benzene rings is 1. The maximum absolute atomic E-state index is 11.6. The van der Waals surface area contributed by atoms with Crippen molar-refractivity contribution in [2.24, 2.45) is 5.92 Å². The average Bonchev–Trinajstić information content (AvgIpc) is 2.91. The number of anilines is 2. The Balaban J connectivity index is 1.60. The molecule has 0 saturated carbocycles. The van der Waals surface area contributed by atoms with E-state index in [4.69, 9.17) is 15.2 Å². The first-order valence-electron chi connectivity index (χ1n) is 6.55. The van der Waals surface area contributed by atoms with E-state index in [1.165, 1.54) is 0 Å². The lowest BCUT2D eigenvalue weighted by Crippen LogP contribution is -2.16. The monoisotopic (exact) mass is 264 g/mol. The summed E-state index contributed by atoms with van der Waals surface area (Å²) < 4.78 is 10.7. The summed E-state index contributed by atoms with van der Waals surface area (Å²) in [5.41, 5.74) is 7.01. The van der Waals surface area contributed by atoms with Gasteiger partial charge in [0.1, 0.15) is 0 Å². The van der Waals surface area contributed by atoms with Crippen LogP contribution in [-0.4, -0.2) is 32.3 Å². The van der Waals surface area contributed by atoms with Crippen molar-refractivity contribution in [2.75, 3.05) is 37.5 Å². The van der Waals surface area contributed by atoms with Gasteiger partial charge in [-0.15, -0.1) is 0 Å². The number of carbonyl (C=O) groups excluding carboxylic acids is 1. The molecule has 1 unspecified atom stereocenters. The molecule has 5 nitrogen and oxygen atoms in total. The molecule has 1 aliphatic rings. The molecule has 1 fully saturated rings. The Morgan fingerprint density at radius 2 is 2.21 bits per heavy atom. The minimum atomic E-state index is -0.0487. The highest BCUT2D eigenvalue weighted by Crippen LogP contribution is 2.13. The van der Waals surface area contributed by atoms with Gasteiger partial charge >= 0.3 is 0 Å². The fourth-order valence-corrected chi connectivity index (χ4v) is 1.92. The van der Waals surface area contributed by atoms with E-state index in [0.29, 0.717) is 31.2 Å². The summed E-state index contributed by atoms with van der Waals surface area (Å²) in [4.78, 5) is 11.6. The van der Waals surface area contributed by atoms with Crippen molar-refractivity contribution in [3.63, 3.8) is 0 Å². The second-order valence-corrected chi connectivity index (χ2v) is 4.72. The van der Waals surface area contributed by atoms with Crippen LogP contribution in [0.3, 0.4) is 0 Å². The summed E-state index contributed by atoms with van der Waals surface area (Å²) in [6.07, 6.45) is 1.41. The van der Waals surface area contributed by atoms with Crippen molar-refractivity contribution in [3.8, 4) is 0 Å². The number of ether oxygens (including phenoxy) is 2. The third-order valence-electron chi connectivity index (χ3n) is 3.05. The molecule has 2 rings (SSSR count). The Kier molecular flexibility index (Phi) is 5.18. The molecule has 0 radical (unpaired) electrons. The maximum Gasteiger partial charge on any atom is 0.226 e. The quantitative estimate of drug-likeness (QED) is 0.605. The first-order chi connectivity index (χ1) is 9.24. The smallest absolute Gasteiger partial charge is 0.226 e.